The second-order valence-corrected chi connectivity index (χ2v) is 9.54. The summed E-state index contributed by atoms with van der Waals surface area (Å²) in [4.78, 5) is 13.6. The lowest BCUT2D eigenvalue weighted by atomic mass is 10.3. The van der Waals surface area contributed by atoms with Gasteiger partial charge in [-0.05, 0) is 36.4 Å². The maximum absolute atomic E-state index is 11.9. The molecule has 0 aliphatic carbocycles. The van der Waals surface area contributed by atoms with Crippen molar-refractivity contribution in [3.63, 3.8) is 0 Å². The van der Waals surface area contributed by atoms with Gasteiger partial charge >= 0.3 is 17.1 Å². The van der Waals surface area contributed by atoms with Crippen LogP contribution in [-0.4, -0.2) is 35.2 Å². The number of alkyl halides is 4. The van der Waals surface area contributed by atoms with Gasteiger partial charge in [0.25, 0.3) is 0 Å². The average molecular weight is 488 g/mol. The molecule has 0 amide bonds. The van der Waals surface area contributed by atoms with Crippen LogP contribution in [0.5, 0.6) is 0 Å². The smallest absolute Gasteiger partial charge is 0.417 e. The van der Waals surface area contributed by atoms with Gasteiger partial charge in [-0.1, -0.05) is 54.6 Å². The SMILES string of the molecule is O=C(O)C(F)(F)C(F)(F)S(=O)(=O)[O-].c1ccc([S+](c2ccccc2)c2ccccc2)cc1. The van der Waals surface area contributed by atoms with Crippen LogP contribution in [0.15, 0.2) is 106 Å². The highest BCUT2D eigenvalue weighted by molar-refractivity contribution is 7.97. The highest BCUT2D eigenvalue weighted by Gasteiger charge is 2.67. The van der Waals surface area contributed by atoms with Gasteiger partial charge in [-0.25, -0.2) is 13.2 Å². The first-order valence-corrected chi connectivity index (χ1v) is 11.4. The first kappa shape index (κ1) is 25.4. The van der Waals surface area contributed by atoms with E-state index in [4.69, 9.17) is 5.11 Å². The van der Waals surface area contributed by atoms with Crippen LogP contribution in [0.1, 0.15) is 0 Å². The number of rotatable bonds is 6. The van der Waals surface area contributed by atoms with E-state index in [1.807, 2.05) is 0 Å². The third-order valence-corrected chi connectivity index (χ3v) is 7.00. The van der Waals surface area contributed by atoms with Crippen LogP contribution in [0.2, 0.25) is 0 Å². The first-order chi connectivity index (χ1) is 14.9. The number of benzene rings is 3. The number of carboxylic acids is 1. The third kappa shape index (κ3) is 5.67. The molecule has 0 fully saturated rings. The van der Waals surface area contributed by atoms with Crippen molar-refractivity contribution in [2.45, 2.75) is 25.9 Å². The molecule has 5 nitrogen and oxygen atoms in total. The molecule has 0 atom stereocenters. The number of aliphatic carboxylic acids is 1. The second kappa shape index (κ2) is 10.2. The molecule has 3 aromatic rings. The Morgan fingerprint density at radius 2 is 1.00 bits per heavy atom. The summed E-state index contributed by atoms with van der Waals surface area (Å²) in [5.41, 5.74) is 0. The molecule has 0 aliphatic rings. The van der Waals surface area contributed by atoms with Gasteiger partial charge in [-0.3, -0.25) is 0 Å². The molecule has 0 heterocycles. The lowest BCUT2D eigenvalue weighted by Gasteiger charge is -2.24. The molecule has 0 radical (unpaired) electrons. The normalized spacial score (nSPS) is 12.1. The van der Waals surface area contributed by atoms with E-state index < -0.39 is 27.3 Å². The molecule has 0 aromatic heterocycles. The molecule has 3 rings (SSSR count). The van der Waals surface area contributed by atoms with Gasteiger partial charge in [0.15, 0.2) is 24.8 Å². The van der Waals surface area contributed by atoms with Crippen molar-refractivity contribution in [2.75, 3.05) is 0 Å². The van der Waals surface area contributed by atoms with Crippen LogP contribution >= 0.6 is 0 Å². The standard InChI is InChI=1S/C18H15S.C3H2F4O5S/c1-4-10-16(11-5-1)19(17-12-6-2-7-13-17)18-14-8-3-9-15-18;4-2(5,1(8)9)3(6,7)13(10,11)12/h1-15H;(H,8,9)(H,10,11,12)/q+1;/p-1. The van der Waals surface area contributed by atoms with Crippen molar-refractivity contribution in [2.24, 2.45) is 0 Å². The van der Waals surface area contributed by atoms with E-state index in [-0.39, 0.29) is 10.9 Å². The van der Waals surface area contributed by atoms with Crippen molar-refractivity contribution in [3.8, 4) is 0 Å². The summed E-state index contributed by atoms with van der Waals surface area (Å²) < 4.78 is 76.3. The van der Waals surface area contributed by atoms with Crippen LogP contribution < -0.4 is 0 Å². The fourth-order valence-corrected chi connectivity index (χ4v) is 4.87. The van der Waals surface area contributed by atoms with Gasteiger partial charge in [0.2, 0.25) is 0 Å². The Balaban J connectivity index is 0.000000247. The van der Waals surface area contributed by atoms with E-state index in [9.17, 15) is 35.3 Å². The van der Waals surface area contributed by atoms with E-state index in [0.717, 1.165) is 0 Å². The molecule has 3 aromatic carbocycles. The minimum Gasteiger partial charge on any atom is -0.743 e. The number of hydrogen-bond donors (Lipinski definition) is 1. The van der Waals surface area contributed by atoms with E-state index in [1.54, 1.807) is 0 Å². The van der Waals surface area contributed by atoms with Gasteiger partial charge in [-0.15, -0.1) is 0 Å². The van der Waals surface area contributed by atoms with Crippen molar-refractivity contribution in [1.82, 2.24) is 0 Å². The molecule has 0 bridgehead atoms. The lowest BCUT2D eigenvalue weighted by molar-refractivity contribution is -0.199. The van der Waals surface area contributed by atoms with E-state index in [0.29, 0.717) is 0 Å². The van der Waals surface area contributed by atoms with Crippen molar-refractivity contribution in [3.05, 3.63) is 91.0 Å². The molecule has 0 unspecified atom stereocenters. The zero-order chi connectivity index (χ0) is 24.0. The second-order valence-electron chi connectivity index (χ2n) is 6.10. The van der Waals surface area contributed by atoms with Crippen LogP contribution in [0.3, 0.4) is 0 Å². The minimum atomic E-state index is -6.72. The lowest BCUT2D eigenvalue weighted by Crippen LogP contribution is -2.51. The van der Waals surface area contributed by atoms with Crippen molar-refractivity contribution in [1.29, 1.82) is 0 Å². The molecule has 1 N–H and O–H groups in total. The molecule has 170 valence electrons. The Hall–Kier alpha value is -2.89. The summed E-state index contributed by atoms with van der Waals surface area (Å²) in [5, 5.41) is 1.35. The predicted molar refractivity (Wildman–Crippen MR) is 109 cm³/mol. The Kier molecular flexibility index (Phi) is 8.05. The minimum absolute atomic E-state index is 0.0146. The summed E-state index contributed by atoms with van der Waals surface area (Å²) >= 11 is 0. The zero-order valence-corrected chi connectivity index (χ0v) is 17.7. The molecule has 32 heavy (non-hydrogen) atoms. The van der Waals surface area contributed by atoms with E-state index >= 15 is 0 Å². The van der Waals surface area contributed by atoms with Gasteiger partial charge < -0.3 is 9.66 Å². The van der Waals surface area contributed by atoms with Crippen LogP contribution in [-0.2, 0) is 25.8 Å². The maximum atomic E-state index is 11.9. The number of carbonyl (C=O) groups is 1. The average Bonchev–Trinajstić information content (AvgIpc) is 2.76. The Morgan fingerprint density at radius 3 is 1.19 bits per heavy atom. The third-order valence-electron chi connectivity index (χ3n) is 3.88. The van der Waals surface area contributed by atoms with E-state index in [2.05, 4.69) is 91.0 Å². The molecule has 0 spiro atoms. The molecule has 11 heteroatoms. The van der Waals surface area contributed by atoms with Gasteiger partial charge in [0.1, 0.15) is 0 Å². The first-order valence-electron chi connectivity index (χ1n) is 8.73. The van der Waals surface area contributed by atoms with Crippen LogP contribution in [0.4, 0.5) is 17.6 Å². The van der Waals surface area contributed by atoms with Crippen molar-refractivity contribution >= 4 is 27.0 Å². The van der Waals surface area contributed by atoms with Crippen LogP contribution in [0.25, 0.3) is 0 Å². The predicted octanol–water partition coefficient (Wildman–Crippen LogP) is 4.63. The fraction of sp³-hybridized carbons (Fsp3) is 0.0952. The molecule has 0 aliphatic heterocycles. The summed E-state index contributed by atoms with van der Waals surface area (Å²) in [6, 6.07) is 32.2. The number of halogens is 4. The van der Waals surface area contributed by atoms with Gasteiger partial charge in [-0.2, -0.15) is 17.6 Å². The Labute approximate surface area is 184 Å². The molecule has 0 saturated carbocycles. The zero-order valence-electron chi connectivity index (χ0n) is 16.1. The Morgan fingerprint density at radius 1 is 0.719 bits per heavy atom. The Bertz CT molecular complexity index is 1030. The summed E-state index contributed by atoms with van der Waals surface area (Å²) in [6.45, 7) is 0. The summed E-state index contributed by atoms with van der Waals surface area (Å²) in [5.74, 6) is -9.33. The largest absolute Gasteiger partial charge is 0.743 e. The quantitative estimate of drug-likeness (QED) is 0.310. The number of carboxylic acid groups (broad SMARTS) is 1. The highest BCUT2D eigenvalue weighted by atomic mass is 32.2. The van der Waals surface area contributed by atoms with Crippen LogP contribution in [0, 0.1) is 0 Å². The summed E-state index contributed by atoms with van der Waals surface area (Å²) in [7, 11) is -6.73. The van der Waals surface area contributed by atoms with Crippen molar-refractivity contribution < 1.29 is 40.4 Å². The van der Waals surface area contributed by atoms with E-state index in [1.165, 1.54) is 14.7 Å². The number of hydrogen-bond acceptors (Lipinski definition) is 4. The maximum Gasteiger partial charge on any atom is 0.417 e. The monoisotopic (exact) mass is 488 g/mol. The fourth-order valence-electron chi connectivity index (χ4n) is 2.36. The topological polar surface area (TPSA) is 94.5 Å². The highest BCUT2D eigenvalue weighted by Crippen LogP contribution is 2.38. The summed E-state index contributed by atoms with van der Waals surface area (Å²) in [6.07, 6.45) is 0. The van der Waals surface area contributed by atoms with Gasteiger partial charge in [0.05, 0.1) is 10.9 Å². The van der Waals surface area contributed by atoms with Gasteiger partial charge in [0, 0.05) is 0 Å². The molecular weight excluding hydrogens is 472 g/mol. The molecular formula is C21H16F4O5S2. The molecule has 0 saturated heterocycles.